The standard InChI is InChI=1S/C8H5ClOS/c9-8(11)7(10)6-4-2-1-3-5-6/h1-5H. The summed E-state index contributed by atoms with van der Waals surface area (Å²) in [6, 6.07) is 8.72. The van der Waals surface area contributed by atoms with Crippen molar-refractivity contribution in [2.75, 3.05) is 0 Å². The summed E-state index contributed by atoms with van der Waals surface area (Å²) in [6.07, 6.45) is 0. The minimum absolute atomic E-state index is 0.115. The van der Waals surface area contributed by atoms with Gasteiger partial charge >= 0.3 is 0 Å². The van der Waals surface area contributed by atoms with E-state index in [1.54, 1.807) is 24.3 Å². The molecule has 0 N–H and O–H groups in total. The molecule has 0 heterocycles. The molecule has 3 heteroatoms. The normalized spacial score (nSPS) is 9.18. The van der Waals surface area contributed by atoms with E-state index in [2.05, 4.69) is 12.2 Å². The molecule has 0 spiro atoms. The van der Waals surface area contributed by atoms with Crippen LogP contribution in [-0.4, -0.2) is 10.1 Å². The molecule has 0 fully saturated rings. The molecule has 1 aromatic rings. The molecule has 1 rings (SSSR count). The van der Waals surface area contributed by atoms with Crippen LogP contribution in [0.2, 0.25) is 0 Å². The fourth-order valence-electron chi connectivity index (χ4n) is 0.703. The highest BCUT2D eigenvalue weighted by Gasteiger charge is 2.07. The summed E-state index contributed by atoms with van der Waals surface area (Å²) in [5.74, 6) is -0.290. The molecule has 0 aliphatic carbocycles. The zero-order chi connectivity index (χ0) is 8.27. The second kappa shape index (κ2) is 3.60. The van der Waals surface area contributed by atoms with Crippen molar-refractivity contribution in [2.24, 2.45) is 0 Å². The molecule has 0 radical (unpaired) electrons. The summed E-state index contributed by atoms with van der Waals surface area (Å²) >= 11 is 9.86. The van der Waals surface area contributed by atoms with Crippen LogP contribution in [-0.2, 0) is 0 Å². The Hall–Kier alpha value is -0.730. The quantitative estimate of drug-likeness (QED) is 0.399. The SMILES string of the molecule is O=C(C(=S)Cl)c1ccccc1. The Balaban J connectivity index is 2.95. The maximum Gasteiger partial charge on any atom is 0.215 e. The predicted molar refractivity (Wildman–Crippen MR) is 49.2 cm³/mol. The number of halogens is 1. The second-order valence-corrected chi connectivity index (χ2v) is 2.98. The highest BCUT2D eigenvalue weighted by molar-refractivity contribution is 7.85. The van der Waals surface area contributed by atoms with E-state index >= 15 is 0 Å². The highest BCUT2D eigenvalue weighted by Crippen LogP contribution is 2.03. The van der Waals surface area contributed by atoms with Gasteiger partial charge in [0.25, 0.3) is 0 Å². The van der Waals surface area contributed by atoms with E-state index in [4.69, 9.17) is 11.6 Å². The van der Waals surface area contributed by atoms with E-state index in [9.17, 15) is 4.79 Å². The third kappa shape index (κ3) is 2.10. The van der Waals surface area contributed by atoms with Crippen LogP contribution in [0.3, 0.4) is 0 Å². The molecule has 0 aromatic heterocycles. The van der Waals surface area contributed by atoms with Crippen molar-refractivity contribution in [3.05, 3.63) is 35.9 Å². The second-order valence-electron chi connectivity index (χ2n) is 1.97. The Bertz CT molecular complexity index is 281. The van der Waals surface area contributed by atoms with Gasteiger partial charge in [0.15, 0.2) is 4.32 Å². The molecule has 0 aliphatic heterocycles. The molecule has 1 nitrogen and oxygen atoms in total. The number of rotatable bonds is 2. The Morgan fingerprint density at radius 1 is 1.27 bits per heavy atom. The minimum atomic E-state index is -0.290. The number of Topliss-reactive ketones (excluding diaryl/α,β-unsaturated/α-hetero) is 1. The molecule has 0 saturated carbocycles. The van der Waals surface area contributed by atoms with E-state index < -0.39 is 0 Å². The van der Waals surface area contributed by atoms with Gasteiger partial charge < -0.3 is 0 Å². The molecule has 0 atom stereocenters. The number of ketones is 1. The maximum atomic E-state index is 11.1. The van der Waals surface area contributed by atoms with Gasteiger partial charge in [-0.2, -0.15) is 0 Å². The van der Waals surface area contributed by atoms with Crippen LogP contribution in [0.5, 0.6) is 0 Å². The average molecular weight is 185 g/mol. The molecule has 56 valence electrons. The summed E-state index contributed by atoms with van der Waals surface area (Å²) in [6.45, 7) is 0. The van der Waals surface area contributed by atoms with Gasteiger partial charge in [-0.25, -0.2) is 0 Å². The first-order chi connectivity index (χ1) is 5.22. The number of carbonyl (C=O) groups is 1. The number of benzene rings is 1. The molecule has 0 aliphatic rings. The van der Waals surface area contributed by atoms with Crippen molar-refractivity contribution in [3.63, 3.8) is 0 Å². The van der Waals surface area contributed by atoms with Crippen LogP contribution in [0.4, 0.5) is 0 Å². The van der Waals surface area contributed by atoms with E-state index in [-0.39, 0.29) is 10.1 Å². The Morgan fingerprint density at radius 3 is 2.27 bits per heavy atom. The largest absolute Gasteiger partial charge is 0.287 e. The van der Waals surface area contributed by atoms with E-state index in [0.717, 1.165) is 0 Å². The Morgan fingerprint density at radius 2 is 1.82 bits per heavy atom. The third-order valence-electron chi connectivity index (χ3n) is 1.21. The van der Waals surface area contributed by atoms with Gasteiger partial charge in [-0.3, -0.25) is 4.79 Å². The van der Waals surface area contributed by atoms with Crippen molar-refractivity contribution in [1.29, 1.82) is 0 Å². The minimum Gasteiger partial charge on any atom is -0.287 e. The van der Waals surface area contributed by atoms with Crippen molar-refractivity contribution in [1.82, 2.24) is 0 Å². The lowest BCUT2D eigenvalue weighted by molar-refractivity contribution is 0.107. The van der Waals surface area contributed by atoms with Crippen LogP contribution in [0.1, 0.15) is 10.4 Å². The molecule has 0 bridgehead atoms. The van der Waals surface area contributed by atoms with Gasteiger partial charge in [-0.05, 0) is 0 Å². The van der Waals surface area contributed by atoms with Crippen molar-refractivity contribution in [2.45, 2.75) is 0 Å². The van der Waals surface area contributed by atoms with Gasteiger partial charge in [-0.15, -0.1) is 0 Å². The molecule has 0 unspecified atom stereocenters. The van der Waals surface area contributed by atoms with Crippen LogP contribution >= 0.6 is 23.8 Å². The maximum absolute atomic E-state index is 11.1. The van der Waals surface area contributed by atoms with Gasteiger partial charge in [0.2, 0.25) is 5.78 Å². The van der Waals surface area contributed by atoms with Crippen molar-refractivity contribution >= 4 is 33.9 Å². The van der Waals surface area contributed by atoms with E-state index in [0.29, 0.717) is 5.56 Å². The lowest BCUT2D eigenvalue weighted by Gasteiger charge is -1.93. The fraction of sp³-hybridized carbons (Fsp3) is 0. The lowest BCUT2D eigenvalue weighted by atomic mass is 10.2. The van der Waals surface area contributed by atoms with Crippen LogP contribution in [0, 0.1) is 0 Å². The number of carbonyl (C=O) groups excluding carboxylic acids is 1. The summed E-state index contributed by atoms with van der Waals surface area (Å²) in [5, 5.41) is 0. The third-order valence-corrected chi connectivity index (χ3v) is 1.57. The zero-order valence-electron chi connectivity index (χ0n) is 5.58. The first-order valence-corrected chi connectivity index (χ1v) is 3.79. The van der Waals surface area contributed by atoms with E-state index in [1.165, 1.54) is 0 Å². The molecule has 0 amide bonds. The van der Waals surface area contributed by atoms with Crippen molar-refractivity contribution < 1.29 is 4.79 Å². The number of hydrogen-bond donors (Lipinski definition) is 0. The predicted octanol–water partition coefficient (Wildman–Crippen LogP) is 2.44. The molecular weight excluding hydrogens is 180 g/mol. The zero-order valence-corrected chi connectivity index (χ0v) is 7.15. The Kier molecular flexibility index (Phi) is 2.74. The Labute approximate surface area is 75.0 Å². The highest BCUT2D eigenvalue weighted by atomic mass is 35.5. The molecule has 11 heavy (non-hydrogen) atoms. The first kappa shape index (κ1) is 8.37. The molecule has 0 saturated heterocycles. The smallest absolute Gasteiger partial charge is 0.215 e. The molecular formula is C8H5ClOS. The lowest BCUT2D eigenvalue weighted by Crippen LogP contribution is -2.04. The monoisotopic (exact) mass is 184 g/mol. The van der Waals surface area contributed by atoms with E-state index in [1.807, 2.05) is 6.07 Å². The average Bonchev–Trinajstić information content (AvgIpc) is 2.05. The summed E-state index contributed by atoms with van der Waals surface area (Å²) in [4.78, 5) is 11.1. The van der Waals surface area contributed by atoms with Gasteiger partial charge in [-0.1, -0.05) is 54.2 Å². The summed E-state index contributed by atoms with van der Waals surface area (Å²) < 4.78 is -0.115. The summed E-state index contributed by atoms with van der Waals surface area (Å²) in [5.41, 5.74) is 0.535. The fourth-order valence-corrected chi connectivity index (χ4v) is 0.930. The number of hydrogen-bond acceptors (Lipinski definition) is 2. The van der Waals surface area contributed by atoms with Crippen LogP contribution in [0.15, 0.2) is 30.3 Å². The van der Waals surface area contributed by atoms with Crippen LogP contribution < -0.4 is 0 Å². The van der Waals surface area contributed by atoms with Crippen molar-refractivity contribution in [3.8, 4) is 0 Å². The van der Waals surface area contributed by atoms with Gasteiger partial charge in [0.05, 0.1) is 0 Å². The van der Waals surface area contributed by atoms with Crippen LogP contribution in [0.25, 0.3) is 0 Å². The summed E-state index contributed by atoms with van der Waals surface area (Å²) in [7, 11) is 0. The first-order valence-electron chi connectivity index (χ1n) is 3.01. The number of thiocarbonyl (C=S) groups is 1. The topological polar surface area (TPSA) is 17.1 Å². The van der Waals surface area contributed by atoms with Gasteiger partial charge in [0.1, 0.15) is 0 Å². The van der Waals surface area contributed by atoms with Gasteiger partial charge in [0, 0.05) is 5.56 Å². The molecule has 1 aromatic carbocycles.